The summed E-state index contributed by atoms with van der Waals surface area (Å²) in [6, 6.07) is 11.1. The highest BCUT2D eigenvalue weighted by atomic mass is 19.3. The number of hydrogen-bond acceptors (Lipinski definition) is 5. The Morgan fingerprint density at radius 2 is 1.95 bits per heavy atom. The topological polar surface area (TPSA) is 88.0 Å². The van der Waals surface area contributed by atoms with Crippen LogP contribution < -0.4 is 20.3 Å². The number of rotatable bonds is 6. The fraction of sp³-hybridized carbons (Fsp3) is 0.552. The monoisotopic (exact) mass is 525 g/mol. The smallest absolute Gasteiger partial charge is 0.454 e. The van der Waals surface area contributed by atoms with E-state index >= 15 is 8.78 Å². The van der Waals surface area contributed by atoms with Crippen molar-refractivity contribution in [1.29, 1.82) is 0 Å². The summed E-state index contributed by atoms with van der Waals surface area (Å²) in [5.41, 5.74) is 2.59. The zero-order valence-electron chi connectivity index (χ0n) is 21.6. The predicted octanol–water partition coefficient (Wildman–Crippen LogP) is 3.91. The van der Waals surface area contributed by atoms with Crippen molar-refractivity contribution in [3.63, 3.8) is 0 Å². The van der Waals surface area contributed by atoms with Gasteiger partial charge in [0, 0.05) is 24.8 Å². The van der Waals surface area contributed by atoms with Gasteiger partial charge < -0.3 is 24.8 Å². The van der Waals surface area contributed by atoms with E-state index in [1.165, 1.54) is 5.56 Å². The molecule has 1 heterocycles. The number of alkyl halides is 2. The highest BCUT2D eigenvalue weighted by Gasteiger charge is 2.67. The molecule has 0 saturated heterocycles. The molecule has 2 aromatic rings. The van der Waals surface area contributed by atoms with E-state index in [9.17, 15) is 14.8 Å². The number of nitrogens with one attached hydrogen (secondary N) is 1. The van der Waals surface area contributed by atoms with Crippen LogP contribution in [0.5, 0.6) is 11.5 Å². The molecule has 1 aliphatic heterocycles. The second kappa shape index (κ2) is 9.52. The number of halogens is 2. The lowest BCUT2D eigenvalue weighted by Gasteiger charge is -2.51. The number of hydrogen-bond donors (Lipinski definition) is 3. The van der Waals surface area contributed by atoms with Gasteiger partial charge >= 0.3 is 7.12 Å². The molecule has 4 aliphatic rings. The highest BCUT2D eigenvalue weighted by Crippen LogP contribution is 2.68. The molecule has 6 nitrogen and oxygen atoms in total. The van der Waals surface area contributed by atoms with Gasteiger partial charge in [-0.15, -0.1) is 0 Å². The summed E-state index contributed by atoms with van der Waals surface area (Å²) in [5, 5.41) is 22.1. The van der Waals surface area contributed by atoms with E-state index in [-0.39, 0.29) is 49.2 Å². The van der Waals surface area contributed by atoms with Crippen molar-refractivity contribution in [3.8, 4) is 11.5 Å². The number of aryl methyl sites for hydroxylation is 1. The normalized spacial score (nSPS) is 30.2. The Balaban J connectivity index is 1.14. The van der Waals surface area contributed by atoms with Crippen LogP contribution in [0.1, 0.15) is 68.1 Å². The number of ether oxygens (including phenoxy) is 2. The van der Waals surface area contributed by atoms with Gasteiger partial charge in [-0.2, -0.15) is 0 Å². The molecule has 9 heteroatoms. The molecule has 202 valence electrons. The van der Waals surface area contributed by atoms with Gasteiger partial charge in [0.1, 0.15) is 0 Å². The zero-order chi connectivity index (χ0) is 26.7. The third-order valence-corrected chi connectivity index (χ3v) is 9.83. The molecule has 3 unspecified atom stereocenters. The first kappa shape index (κ1) is 25.6. The van der Waals surface area contributed by atoms with Crippen LogP contribution in [0.4, 0.5) is 8.78 Å². The molecule has 2 fully saturated rings. The maximum Gasteiger partial charge on any atom is 0.488 e. The fourth-order valence-electron chi connectivity index (χ4n) is 7.94. The van der Waals surface area contributed by atoms with Gasteiger partial charge in [-0.05, 0) is 90.1 Å². The van der Waals surface area contributed by atoms with E-state index in [4.69, 9.17) is 9.47 Å². The second-order valence-corrected chi connectivity index (χ2v) is 11.8. The Labute approximate surface area is 221 Å². The molecule has 0 radical (unpaired) electrons. The van der Waals surface area contributed by atoms with Crippen LogP contribution in [-0.2, 0) is 17.8 Å². The van der Waals surface area contributed by atoms with Crippen molar-refractivity contribution in [1.82, 2.24) is 5.32 Å². The van der Waals surface area contributed by atoms with Crippen LogP contribution in [-0.4, -0.2) is 35.8 Å². The largest absolute Gasteiger partial charge is 0.488 e. The molecule has 2 saturated carbocycles. The third-order valence-electron chi connectivity index (χ3n) is 9.83. The second-order valence-electron chi connectivity index (χ2n) is 11.8. The van der Waals surface area contributed by atoms with Crippen molar-refractivity contribution in [3.05, 3.63) is 53.1 Å². The number of benzene rings is 2. The average molecular weight is 525 g/mol. The summed E-state index contributed by atoms with van der Waals surface area (Å²) in [6.07, 6.45) is 3.25. The van der Waals surface area contributed by atoms with E-state index in [0.29, 0.717) is 42.8 Å². The van der Waals surface area contributed by atoms with E-state index < -0.39 is 18.5 Å². The Bertz CT molecular complexity index is 1240. The first-order valence-corrected chi connectivity index (χ1v) is 13.7. The van der Waals surface area contributed by atoms with Gasteiger partial charge in [0.2, 0.25) is 12.7 Å². The third kappa shape index (κ3) is 4.28. The summed E-state index contributed by atoms with van der Waals surface area (Å²) in [5.74, 6) is -1.55. The van der Waals surface area contributed by atoms with Crippen LogP contribution in [0.2, 0.25) is 0 Å². The highest BCUT2D eigenvalue weighted by molar-refractivity contribution is 6.58. The van der Waals surface area contributed by atoms with Crippen molar-refractivity contribution >= 4 is 18.5 Å². The molecular formula is C29H34BF2NO5. The molecule has 38 heavy (non-hydrogen) atoms. The van der Waals surface area contributed by atoms with Gasteiger partial charge in [0.05, 0.1) is 0 Å². The Hall–Kier alpha value is -2.65. The number of carbonyl (C=O) groups excluding carboxylic acids is 1. The van der Waals surface area contributed by atoms with Crippen LogP contribution in [0.3, 0.4) is 0 Å². The Morgan fingerprint density at radius 3 is 2.76 bits per heavy atom. The van der Waals surface area contributed by atoms with Crippen LogP contribution in [0, 0.1) is 23.2 Å². The van der Waals surface area contributed by atoms with Crippen LogP contribution in [0.15, 0.2) is 36.4 Å². The van der Waals surface area contributed by atoms with Crippen molar-refractivity contribution in [2.75, 3.05) is 6.79 Å². The summed E-state index contributed by atoms with van der Waals surface area (Å²) in [6.45, 7) is 2.31. The summed E-state index contributed by atoms with van der Waals surface area (Å²) in [4.78, 5) is 12.7. The van der Waals surface area contributed by atoms with Crippen molar-refractivity contribution in [2.45, 2.75) is 70.3 Å². The molecule has 6 rings (SSSR count). The molecule has 2 aromatic carbocycles. The number of amides is 1. The van der Waals surface area contributed by atoms with Gasteiger partial charge in [-0.1, -0.05) is 31.2 Å². The molecule has 0 bridgehead atoms. The lowest BCUT2D eigenvalue weighted by molar-refractivity contribution is -0.133. The fourth-order valence-corrected chi connectivity index (χ4v) is 7.94. The SMILES string of the molecule is C[C@]12CCC3c4ccc(B(O)O)cc4CCC3C1[C@H](CCC(=O)NCc1ccc3c(c1)OCO3)CC2(F)F. The van der Waals surface area contributed by atoms with Crippen LogP contribution in [0.25, 0.3) is 0 Å². The van der Waals surface area contributed by atoms with E-state index in [1.807, 2.05) is 30.3 Å². The average Bonchev–Trinajstić information content (AvgIpc) is 3.44. The lowest BCUT2D eigenvalue weighted by Crippen LogP contribution is -2.48. The first-order valence-electron chi connectivity index (χ1n) is 13.7. The summed E-state index contributed by atoms with van der Waals surface area (Å²) in [7, 11) is -1.51. The van der Waals surface area contributed by atoms with Crippen molar-refractivity contribution < 1.29 is 33.1 Å². The van der Waals surface area contributed by atoms with Gasteiger partial charge in [-0.3, -0.25) is 4.79 Å². The minimum absolute atomic E-state index is 0.129. The maximum atomic E-state index is 15.5. The molecule has 0 spiro atoms. The van der Waals surface area contributed by atoms with Gasteiger partial charge in [-0.25, -0.2) is 8.78 Å². The maximum absolute atomic E-state index is 15.5. The molecule has 3 aliphatic carbocycles. The van der Waals surface area contributed by atoms with Gasteiger partial charge in [0.15, 0.2) is 11.5 Å². The van der Waals surface area contributed by atoms with Crippen molar-refractivity contribution in [2.24, 2.45) is 23.2 Å². The minimum Gasteiger partial charge on any atom is -0.454 e. The molecule has 5 atom stereocenters. The standard InChI is InChI=1S/C29H34BF2NO5/c1-28-11-10-22-21-7-5-20(30(35)36)13-18(21)3-6-23(22)27(28)19(14-29(28,31)32)4-9-26(34)33-15-17-2-8-24-25(12-17)38-16-37-24/h2,5,7-8,12-13,19,22-23,27,35-36H,3-4,6,9-11,14-16H2,1H3,(H,33,34)/t19-,22?,23?,27?,28+/m1/s1. The summed E-state index contributed by atoms with van der Waals surface area (Å²) < 4.78 is 41.8. The van der Waals surface area contributed by atoms with E-state index in [2.05, 4.69) is 5.32 Å². The molecule has 1 amide bonds. The number of carbonyl (C=O) groups is 1. The molecular weight excluding hydrogens is 491 g/mol. The molecule has 3 N–H and O–H groups in total. The van der Waals surface area contributed by atoms with E-state index in [0.717, 1.165) is 24.0 Å². The van der Waals surface area contributed by atoms with Crippen LogP contribution >= 0.6 is 0 Å². The van der Waals surface area contributed by atoms with Gasteiger partial charge in [0.25, 0.3) is 5.92 Å². The first-order chi connectivity index (χ1) is 18.2. The Morgan fingerprint density at radius 1 is 1.13 bits per heavy atom. The molecule has 0 aromatic heterocycles. The summed E-state index contributed by atoms with van der Waals surface area (Å²) >= 11 is 0. The quantitative estimate of drug-likeness (QED) is 0.498. The number of fused-ring (bicyclic) bond motifs is 6. The predicted molar refractivity (Wildman–Crippen MR) is 138 cm³/mol. The lowest BCUT2D eigenvalue weighted by atomic mass is 9.53. The minimum atomic E-state index is -2.75. The Kier molecular flexibility index (Phi) is 6.42. The van der Waals surface area contributed by atoms with E-state index in [1.54, 1.807) is 13.0 Å². The zero-order valence-corrected chi connectivity index (χ0v) is 21.6.